The topological polar surface area (TPSA) is 79.9 Å². The van der Waals surface area contributed by atoms with Crippen LogP contribution < -0.4 is 20.1 Å². The van der Waals surface area contributed by atoms with Gasteiger partial charge in [0.05, 0.1) is 19.3 Å². The molecule has 2 aromatic carbocycles. The van der Waals surface area contributed by atoms with Gasteiger partial charge in [-0.1, -0.05) is 12.1 Å². The number of urea groups is 1. The zero-order valence-electron chi connectivity index (χ0n) is 17.9. The number of piperidine rings is 1. The molecule has 3 amide bonds. The summed E-state index contributed by atoms with van der Waals surface area (Å²) in [5.74, 6) is 1.38. The van der Waals surface area contributed by atoms with Crippen molar-refractivity contribution in [2.24, 2.45) is 0 Å². The SMILES string of the molecule is COc1ccc(CCNC(=O)Nc2ccc3c(c2)C(=O)N2CCCCC2CCO3)cc1. The minimum Gasteiger partial charge on any atom is -0.497 e. The Labute approximate surface area is 182 Å². The summed E-state index contributed by atoms with van der Waals surface area (Å²) in [6, 6.07) is 13.0. The molecule has 0 radical (unpaired) electrons. The fraction of sp³-hybridized carbons (Fsp3) is 0.417. The van der Waals surface area contributed by atoms with E-state index in [9.17, 15) is 9.59 Å². The normalized spacial score (nSPS) is 18.0. The minimum absolute atomic E-state index is 0.0111. The number of ether oxygens (including phenoxy) is 2. The monoisotopic (exact) mass is 423 g/mol. The molecule has 2 N–H and O–H groups in total. The molecule has 0 saturated carbocycles. The van der Waals surface area contributed by atoms with Gasteiger partial charge in [-0.2, -0.15) is 0 Å². The third kappa shape index (κ3) is 5.10. The van der Waals surface area contributed by atoms with E-state index in [1.807, 2.05) is 29.2 Å². The van der Waals surface area contributed by atoms with E-state index in [0.717, 1.165) is 43.5 Å². The van der Waals surface area contributed by atoms with E-state index in [2.05, 4.69) is 10.6 Å². The minimum atomic E-state index is -0.302. The summed E-state index contributed by atoms with van der Waals surface area (Å²) in [6.45, 7) is 1.88. The van der Waals surface area contributed by atoms with Gasteiger partial charge in [-0.05, 0) is 61.6 Å². The first kappa shape index (κ1) is 21.0. The van der Waals surface area contributed by atoms with Crippen molar-refractivity contribution in [3.63, 3.8) is 0 Å². The number of fused-ring (bicyclic) bond motifs is 2. The summed E-state index contributed by atoms with van der Waals surface area (Å²) in [5.41, 5.74) is 2.20. The van der Waals surface area contributed by atoms with Gasteiger partial charge in [0.15, 0.2) is 0 Å². The van der Waals surface area contributed by atoms with Crippen molar-refractivity contribution >= 4 is 17.6 Å². The van der Waals surface area contributed by atoms with Gasteiger partial charge in [-0.3, -0.25) is 4.79 Å². The molecule has 7 heteroatoms. The molecular weight excluding hydrogens is 394 g/mol. The first-order valence-electron chi connectivity index (χ1n) is 10.9. The lowest BCUT2D eigenvalue weighted by Crippen LogP contribution is -2.45. The van der Waals surface area contributed by atoms with Gasteiger partial charge >= 0.3 is 6.03 Å². The van der Waals surface area contributed by atoms with E-state index in [1.165, 1.54) is 0 Å². The van der Waals surface area contributed by atoms with Gasteiger partial charge in [0, 0.05) is 31.2 Å². The average Bonchev–Trinajstić information content (AvgIpc) is 2.79. The Balaban J connectivity index is 1.36. The number of amides is 3. The van der Waals surface area contributed by atoms with Gasteiger partial charge in [0.1, 0.15) is 11.5 Å². The summed E-state index contributed by atoms with van der Waals surface area (Å²) < 4.78 is 11.0. The number of nitrogens with one attached hydrogen (secondary N) is 2. The van der Waals surface area contributed by atoms with Gasteiger partial charge < -0.3 is 25.0 Å². The number of hydrogen-bond acceptors (Lipinski definition) is 4. The van der Waals surface area contributed by atoms with Gasteiger partial charge in [0.25, 0.3) is 5.91 Å². The summed E-state index contributed by atoms with van der Waals surface area (Å²) in [5, 5.41) is 5.69. The van der Waals surface area contributed by atoms with Crippen LogP contribution in [0, 0.1) is 0 Å². The molecule has 2 heterocycles. The van der Waals surface area contributed by atoms with Gasteiger partial charge in [0.2, 0.25) is 0 Å². The van der Waals surface area contributed by atoms with Crippen molar-refractivity contribution in [2.75, 3.05) is 32.1 Å². The zero-order valence-corrected chi connectivity index (χ0v) is 17.9. The molecule has 31 heavy (non-hydrogen) atoms. The molecule has 1 unspecified atom stereocenters. The fourth-order valence-corrected chi connectivity index (χ4v) is 4.22. The van der Waals surface area contributed by atoms with Crippen LogP contribution in [0.2, 0.25) is 0 Å². The van der Waals surface area contributed by atoms with E-state index >= 15 is 0 Å². The van der Waals surface area contributed by atoms with Crippen molar-refractivity contribution < 1.29 is 19.1 Å². The summed E-state index contributed by atoms with van der Waals surface area (Å²) in [6.07, 6.45) is 4.79. The Hall–Kier alpha value is -3.22. The van der Waals surface area contributed by atoms with Crippen LogP contribution in [-0.2, 0) is 6.42 Å². The van der Waals surface area contributed by atoms with Crippen molar-refractivity contribution in [3.8, 4) is 11.5 Å². The Kier molecular flexibility index (Phi) is 6.60. The van der Waals surface area contributed by atoms with E-state index < -0.39 is 0 Å². The number of rotatable bonds is 5. The molecule has 7 nitrogen and oxygen atoms in total. The fourth-order valence-electron chi connectivity index (χ4n) is 4.22. The summed E-state index contributed by atoms with van der Waals surface area (Å²) >= 11 is 0. The van der Waals surface area contributed by atoms with Crippen molar-refractivity contribution in [1.29, 1.82) is 0 Å². The summed E-state index contributed by atoms with van der Waals surface area (Å²) in [7, 11) is 1.63. The second-order valence-corrected chi connectivity index (χ2v) is 7.98. The van der Waals surface area contributed by atoms with E-state index in [0.29, 0.717) is 36.6 Å². The Morgan fingerprint density at radius 2 is 2.00 bits per heavy atom. The predicted octanol–water partition coefficient (Wildman–Crippen LogP) is 3.84. The maximum absolute atomic E-state index is 13.1. The molecule has 164 valence electrons. The van der Waals surface area contributed by atoms with Gasteiger partial charge in [-0.25, -0.2) is 4.79 Å². The smallest absolute Gasteiger partial charge is 0.319 e. The van der Waals surface area contributed by atoms with Crippen molar-refractivity contribution in [2.45, 2.75) is 38.1 Å². The average molecular weight is 424 g/mol. The number of anilines is 1. The van der Waals surface area contributed by atoms with E-state index in [1.54, 1.807) is 25.3 Å². The van der Waals surface area contributed by atoms with E-state index in [-0.39, 0.29) is 18.0 Å². The molecule has 0 aliphatic carbocycles. The molecule has 1 saturated heterocycles. The molecule has 0 spiro atoms. The number of carbonyl (C=O) groups excluding carboxylic acids is 2. The highest BCUT2D eigenvalue weighted by molar-refractivity contribution is 5.99. The lowest BCUT2D eigenvalue weighted by Gasteiger charge is -2.37. The molecule has 2 aliphatic heterocycles. The Morgan fingerprint density at radius 3 is 2.81 bits per heavy atom. The largest absolute Gasteiger partial charge is 0.497 e. The number of hydrogen-bond donors (Lipinski definition) is 2. The van der Waals surface area contributed by atoms with Crippen molar-refractivity contribution in [3.05, 3.63) is 53.6 Å². The Morgan fingerprint density at radius 1 is 1.16 bits per heavy atom. The first-order chi connectivity index (χ1) is 15.1. The quantitative estimate of drug-likeness (QED) is 0.766. The number of carbonyl (C=O) groups is 2. The number of benzene rings is 2. The lowest BCUT2D eigenvalue weighted by atomic mass is 9.97. The molecule has 1 fully saturated rings. The first-order valence-corrected chi connectivity index (χ1v) is 10.9. The Bertz CT molecular complexity index is 929. The van der Waals surface area contributed by atoms with Crippen LogP contribution in [0.4, 0.5) is 10.5 Å². The van der Waals surface area contributed by atoms with Crippen LogP contribution >= 0.6 is 0 Å². The zero-order chi connectivity index (χ0) is 21.6. The highest BCUT2D eigenvalue weighted by Crippen LogP contribution is 2.30. The molecule has 2 aliphatic rings. The summed E-state index contributed by atoms with van der Waals surface area (Å²) in [4.78, 5) is 27.5. The van der Waals surface area contributed by atoms with Crippen LogP contribution in [-0.4, -0.2) is 49.7 Å². The van der Waals surface area contributed by atoms with Crippen LogP contribution in [0.15, 0.2) is 42.5 Å². The number of methoxy groups -OCH3 is 1. The van der Waals surface area contributed by atoms with Crippen LogP contribution in [0.5, 0.6) is 11.5 Å². The van der Waals surface area contributed by atoms with Crippen molar-refractivity contribution in [1.82, 2.24) is 10.2 Å². The molecule has 1 atom stereocenters. The van der Waals surface area contributed by atoms with Crippen LogP contribution in [0.25, 0.3) is 0 Å². The molecule has 2 aromatic rings. The van der Waals surface area contributed by atoms with Gasteiger partial charge in [-0.15, -0.1) is 0 Å². The standard InChI is InChI=1S/C24H29N3O4/c1-30-20-8-5-17(6-9-20)11-13-25-24(29)26-18-7-10-22-21(16-18)23(28)27-14-3-2-4-19(27)12-15-31-22/h5-10,16,19H,2-4,11-15H2,1H3,(H2,25,26,29). The van der Waals surface area contributed by atoms with Crippen LogP contribution in [0.3, 0.4) is 0 Å². The highest BCUT2D eigenvalue weighted by atomic mass is 16.5. The maximum atomic E-state index is 13.1. The molecule has 0 aromatic heterocycles. The highest BCUT2D eigenvalue weighted by Gasteiger charge is 2.31. The maximum Gasteiger partial charge on any atom is 0.319 e. The van der Waals surface area contributed by atoms with E-state index in [4.69, 9.17) is 9.47 Å². The lowest BCUT2D eigenvalue weighted by molar-refractivity contribution is 0.0548. The third-order valence-corrected chi connectivity index (χ3v) is 5.92. The second kappa shape index (κ2) is 9.73. The molecule has 4 rings (SSSR count). The number of nitrogens with zero attached hydrogens (tertiary/aromatic N) is 1. The third-order valence-electron chi connectivity index (χ3n) is 5.92. The molecular formula is C24H29N3O4. The van der Waals surface area contributed by atoms with Crippen LogP contribution in [0.1, 0.15) is 41.6 Å². The second-order valence-electron chi connectivity index (χ2n) is 7.98. The predicted molar refractivity (Wildman–Crippen MR) is 119 cm³/mol. The molecule has 0 bridgehead atoms.